The Morgan fingerprint density at radius 1 is 0.667 bits per heavy atom. The normalized spacial score (nSPS) is 21.0. The molecule has 0 aliphatic carbocycles. The minimum Gasteiger partial charge on any atom is -0.409 e. The highest BCUT2D eigenvalue weighted by Crippen LogP contribution is 2.59. The van der Waals surface area contributed by atoms with E-state index in [-0.39, 0.29) is 27.6 Å². The van der Waals surface area contributed by atoms with Gasteiger partial charge in [0.25, 0.3) is 0 Å². The Balaban J connectivity index is 2.53. The van der Waals surface area contributed by atoms with Crippen molar-refractivity contribution >= 4 is 24.4 Å². The Labute approximate surface area is 227 Å². The monoisotopic (exact) mass is 527 g/mol. The van der Waals surface area contributed by atoms with Crippen LogP contribution in [0.25, 0.3) is 0 Å². The molecule has 0 bridgehead atoms. The number of rotatable bonds is 1. The highest BCUT2D eigenvalue weighted by atomic mass is 31.2. The molecule has 1 aliphatic heterocycles. The summed E-state index contributed by atoms with van der Waals surface area (Å²) in [6.07, 6.45) is 0. The van der Waals surface area contributed by atoms with Crippen molar-refractivity contribution in [3.05, 3.63) is 57.6 Å². The van der Waals surface area contributed by atoms with Gasteiger partial charge >= 0.3 is 24.4 Å². The van der Waals surface area contributed by atoms with E-state index in [0.29, 0.717) is 11.5 Å². The molecule has 0 fully saturated rings. The molecule has 0 atom stereocenters. The van der Waals surface area contributed by atoms with Crippen LogP contribution >= 0.6 is 7.82 Å². The van der Waals surface area contributed by atoms with Gasteiger partial charge in [-0.05, 0) is 32.8 Å². The van der Waals surface area contributed by atoms with Crippen LogP contribution in [0.4, 0.5) is 0 Å². The molecule has 1 aliphatic rings. The number of benzene rings is 2. The van der Waals surface area contributed by atoms with Crippen LogP contribution in [0.1, 0.15) is 129 Å². The zero-order valence-electron chi connectivity index (χ0n) is 24.7. The van der Waals surface area contributed by atoms with Crippen molar-refractivity contribution in [2.45, 2.75) is 118 Å². The predicted octanol–water partition coefficient (Wildman–Crippen LogP) is 8.74. The fourth-order valence-electron chi connectivity index (χ4n) is 4.59. The van der Waals surface area contributed by atoms with Gasteiger partial charge in [0.2, 0.25) is 0 Å². The lowest BCUT2D eigenvalue weighted by molar-refractivity contribution is 0.295. The minimum absolute atomic E-state index is 0.0464. The van der Waals surface area contributed by atoms with Crippen LogP contribution in [0.5, 0.6) is 11.5 Å². The zero-order chi connectivity index (χ0) is 27.6. The number of fused-ring (bicyclic) bond motifs is 2. The van der Waals surface area contributed by atoms with E-state index in [2.05, 4.69) is 114 Å². The molecule has 2 aromatic carbocycles. The van der Waals surface area contributed by atoms with Crippen molar-refractivity contribution in [1.29, 1.82) is 0 Å². The molecule has 6 heteroatoms. The Hall–Kier alpha value is -1.24. The molecule has 0 saturated heterocycles. The fourth-order valence-corrected chi connectivity index (χ4v) is 5.91. The first kappa shape index (κ1) is 29.3. The Kier molecular flexibility index (Phi) is 7.49. The highest BCUT2D eigenvalue weighted by Gasteiger charge is 2.40. The molecule has 4 nitrogen and oxygen atoms in total. The quantitative estimate of drug-likeness (QED) is 0.275. The summed E-state index contributed by atoms with van der Waals surface area (Å²) in [6.45, 7) is 28.5. The van der Waals surface area contributed by atoms with Gasteiger partial charge in [0.1, 0.15) is 11.5 Å². The van der Waals surface area contributed by atoms with Crippen molar-refractivity contribution < 1.29 is 17.2 Å². The summed E-state index contributed by atoms with van der Waals surface area (Å²) in [7, 11) is -3.95. The molecule has 1 heterocycles. The van der Waals surface area contributed by atoms with Gasteiger partial charge < -0.3 is 12.6 Å². The molecule has 0 spiro atoms. The van der Waals surface area contributed by atoms with Gasteiger partial charge in [0.15, 0.2) is 0 Å². The second kappa shape index (κ2) is 9.20. The summed E-state index contributed by atoms with van der Waals surface area (Å²) >= 11 is 1.16. The number of hydrogen-bond donors (Lipinski definition) is 0. The average Bonchev–Trinajstić information content (AvgIpc) is 2.69. The van der Waals surface area contributed by atoms with E-state index >= 15 is 0 Å². The standard InChI is InChI=1S/C30H45O4P.Al.H/c1-18-21-14-19(27(2,3)4)16-23(29(8,9)10)25(21)33-35(31,32)34-26-22(18)15-20(28(5,6)7)17-24(26)30(11,12)13;;/h14-18H,1-13H3,(H,31,32);;/q;+1;/p-1. The van der Waals surface area contributed by atoms with Crippen molar-refractivity contribution in [2.24, 2.45) is 0 Å². The average molecular weight is 528 g/mol. The van der Waals surface area contributed by atoms with E-state index < -0.39 is 7.82 Å². The van der Waals surface area contributed by atoms with Crippen LogP contribution in [0.3, 0.4) is 0 Å². The summed E-state index contributed by atoms with van der Waals surface area (Å²) < 4.78 is 32.2. The lowest BCUT2D eigenvalue weighted by Crippen LogP contribution is -2.24. The summed E-state index contributed by atoms with van der Waals surface area (Å²) in [5, 5.41) is 0. The fraction of sp³-hybridized carbons (Fsp3) is 0.600. The number of phosphoric acid groups is 1. The molecule has 197 valence electrons. The number of phosphoric ester groups is 1. The van der Waals surface area contributed by atoms with Gasteiger partial charge in [0.05, 0.1) is 0 Å². The first-order chi connectivity index (χ1) is 16.1. The molecule has 0 unspecified atom stereocenters. The van der Waals surface area contributed by atoms with Crippen molar-refractivity contribution in [1.82, 2.24) is 0 Å². The molecule has 0 saturated carbocycles. The van der Waals surface area contributed by atoms with Crippen LogP contribution in [-0.2, 0) is 29.8 Å². The maximum absolute atomic E-state index is 14.1. The minimum atomic E-state index is -3.95. The smallest absolute Gasteiger partial charge is 0.409 e. The lowest BCUT2D eigenvalue weighted by atomic mass is 9.74. The summed E-state index contributed by atoms with van der Waals surface area (Å²) in [4.78, 5) is 0. The molecule has 36 heavy (non-hydrogen) atoms. The molecule has 0 aromatic heterocycles. The van der Waals surface area contributed by atoms with Gasteiger partial charge in [0, 0.05) is 28.2 Å². The van der Waals surface area contributed by atoms with Crippen molar-refractivity contribution in [3.8, 4) is 11.5 Å². The van der Waals surface area contributed by atoms with Crippen molar-refractivity contribution in [3.63, 3.8) is 0 Å². The Bertz CT molecular complexity index is 1110. The molecular weight excluding hydrogens is 482 g/mol. The van der Waals surface area contributed by atoms with Crippen LogP contribution in [0.15, 0.2) is 24.3 Å². The summed E-state index contributed by atoms with van der Waals surface area (Å²) in [6, 6.07) is 8.85. The molecule has 0 amide bonds. The van der Waals surface area contributed by atoms with E-state index in [9.17, 15) is 4.57 Å². The van der Waals surface area contributed by atoms with E-state index in [0.717, 1.165) is 38.9 Å². The SMILES string of the molecule is CC1c2cc(C(C)(C)C)cc(C(C)(C)C)c2OP(=O)([O][AlH])Oc2c1cc(C(C)(C)C)cc2C(C)(C)C. The molecule has 3 rings (SSSR count). The molecular formula is C30H45AlO4P. The maximum atomic E-state index is 14.1. The van der Waals surface area contributed by atoms with Crippen LogP contribution < -0.4 is 9.05 Å². The van der Waals surface area contributed by atoms with Crippen LogP contribution in [0.2, 0.25) is 0 Å². The zero-order valence-corrected chi connectivity index (χ0v) is 27.0. The van der Waals surface area contributed by atoms with E-state index in [1.807, 2.05) is 0 Å². The third kappa shape index (κ3) is 5.76. The molecule has 2 aromatic rings. The third-order valence-electron chi connectivity index (χ3n) is 7.08. The van der Waals surface area contributed by atoms with Crippen LogP contribution in [-0.4, -0.2) is 16.6 Å². The van der Waals surface area contributed by atoms with Gasteiger partial charge in [-0.15, -0.1) is 0 Å². The third-order valence-corrected chi connectivity index (χ3v) is 9.16. The lowest BCUT2D eigenvalue weighted by Gasteiger charge is -2.36. The topological polar surface area (TPSA) is 44.8 Å². The van der Waals surface area contributed by atoms with Gasteiger partial charge in [-0.1, -0.05) is 114 Å². The predicted molar refractivity (Wildman–Crippen MR) is 152 cm³/mol. The maximum Gasteiger partial charge on any atom is 0.558 e. The highest BCUT2D eigenvalue weighted by molar-refractivity contribution is 7.50. The van der Waals surface area contributed by atoms with E-state index in [1.54, 1.807) is 0 Å². The Morgan fingerprint density at radius 3 is 1.25 bits per heavy atom. The first-order valence-electron chi connectivity index (χ1n) is 12.9. The van der Waals surface area contributed by atoms with Gasteiger partial charge in [-0.25, -0.2) is 4.57 Å². The number of hydrogen-bond acceptors (Lipinski definition) is 4. The van der Waals surface area contributed by atoms with E-state index in [1.165, 1.54) is 11.1 Å². The molecule has 1 radical (unpaired) electrons. The second-order valence-electron chi connectivity index (χ2n) is 14.4. The van der Waals surface area contributed by atoms with E-state index in [4.69, 9.17) is 12.6 Å². The second-order valence-corrected chi connectivity index (χ2v) is 16.7. The van der Waals surface area contributed by atoms with Crippen LogP contribution in [0, 0.1) is 0 Å². The van der Waals surface area contributed by atoms with Gasteiger partial charge in [-0.2, -0.15) is 0 Å². The van der Waals surface area contributed by atoms with Crippen molar-refractivity contribution in [2.75, 3.05) is 0 Å². The molecule has 0 N–H and O–H groups in total. The van der Waals surface area contributed by atoms with Gasteiger partial charge in [-0.3, -0.25) is 0 Å². The summed E-state index contributed by atoms with van der Waals surface area (Å²) in [5.41, 5.74) is 5.89. The largest absolute Gasteiger partial charge is 0.558 e. The Morgan fingerprint density at radius 2 is 1.00 bits per heavy atom. The first-order valence-corrected chi connectivity index (χ1v) is 14.9. The summed E-state index contributed by atoms with van der Waals surface area (Å²) in [5.74, 6) is 1.18.